The van der Waals surface area contributed by atoms with Gasteiger partial charge in [-0.2, -0.15) is 0 Å². The highest BCUT2D eigenvalue weighted by Gasteiger charge is 2.34. The van der Waals surface area contributed by atoms with E-state index in [1.165, 1.54) is 0 Å². The fourth-order valence-electron chi connectivity index (χ4n) is 1.29. The van der Waals surface area contributed by atoms with Gasteiger partial charge in [-0.15, -0.1) is 0 Å². The maximum absolute atomic E-state index is 11.2. The minimum absolute atomic E-state index is 0.0150. The van der Waals surface area contributed by atoms with Gasteiger partial charge in [-0.05, 0) is 12.1 Å². The molecule has 1 atom stereocenters. The Balaban J connectivity index is 2.19. The Morgan fingerprint density at radius 1 is 1.33 bits per heavy atom. The molecule has 3 heteroatoms. The Morgan fingerprint density at radius 3 is 2.50 bits per heavy atom. The minimum atomic E-state index is -0.287. The van der Waals surface area contributed by atoms with Gasteiger partial charge in [0.05, 0.1) is 6.54 Å². The monoisotopic (exact) mass is 162 g/mol. The second-order valence-corrected chi connectivity index (χ2v) is 2.89. The van der Waals surface area contributed by atoms with Crippen LogP contribution in [0.5, 0.6) is 0 Å². The molecule has 2 rings (SSSR count). The Labute approximate surface area is 70.8 Å². The van der Waals surface area contributed by atoms with Crippen molar-refractivity contribution in [2.45, 2.75) is 6.04 Å². The van der Waals surface area contributed by atoms with Crippen molar-refractivity contribution in [2.24, 2.45) is 5.73 Å². The Bertz CT molecular complexity index is 297. The third kappa shape index (κ3) is 0.987. The van der Waals surface area contributed by atoms with Crippen LogP contribution in [-0.4, -0.2) is 18.5 Å². The number of nitrogens with zero attached hydrogens (tertiary/aromatic N) is 1. The fraction of sp³-hybridized carbons (Fsp3) is 0.222. The number of amides is 1. The topological polar surface area (TPSA) is 46.3 Å². The van der Waals surface area contributed by atoms with E-state index in [9.17, 15) is 4.79 Å². The summed E-state index contributed by atoms with van der Waals surface area (Å²) in [4.78, 5) is 12.8. The zero-order chi connectivity index (χ0) is 8.55. The number of carbonyl (C=O) groups is 1. The largest absolute Gasteiger partial charge is 0.318 e. The molecule has 0 unspecified atom stereocenters. The van der Waals surface area contributed by atoms with Crippen LogP contribution in [0.25, 0.3) is 0 Å². The van der Waals surface area contributed by atoms with Crippen LogP contribution in [-0.2, 0) is 4.79 Å². The van der Waals surface area contributed by atoms with Crippen molar-refractivity contribution in [2.75, 3.05) is 11.4 Å². The number of carbonyl (C=O) groups excluding carboxylic acids is 1. The van der Waals surface area contributed by atoms with Crippen molar-refractivity contribution in [1.29, 1.82) is 0 Å². The maximum Gasteiger partial charge on any atom is 0.245 e. The fourth-order valence-corrected chi connectivity index (χ4v) is 1.29. The Morgan fingerprint density at radius 2 is 2.00 bits per heavy atom. The van der Waals surface area contributed by atoms with E-state index in [0.717, 1.165) is 5.69 Å². The molecule has 0 saturated carbocycles. The second-order valence-electron chi connectivity index (χ2n) is 2.89. The number of benzene rings is 1. The summed E-state index contributed by atoms with van der Waals surface area (Å²) in [5, 5.41) is 0. The molecular formula is C9H10N2O. The first-order chi connectivity index (χ1) is 5.79. The van der Waals surface area contributed by atoms with Gasteiger partial charge < -0.3 is 10.6 Å². The quantitative estimate of drug-likeness (QED) is 0.606. The summed E-state index contributed by atoms with van der Waals surface area (Å²) in [5.41, 5.74) is 6.39. The van der Waals surface area contributed by atoms with Crippen LogP contribution >= 0.6 is 0 Å². The molecular weight excluding hydrogens is 152 g/mol. The van der Waals surface area contributed by atoms with E-state index in [-0.39, 0.29) is 11.9 Å². The number of anilines is 1. The molecule has 1 amide bonds. The zero-order valence-electron chi connectivity index (χ0n) is 6.60. The lowest BCUT2D eigenvalue weighted by Crippen LogP contribution is -2.61. The molecule has 62 valence electrons. The SMILES string of the molecule is N[C@@H]1CN(c2ccccc2)C1=O. The Kier molecular flexibility index (Phi) is 1.59. The number of β-lactam (4-membered cyclic amide) rings is 1. The minimum Gasteiger partial charge on any atom is -0.318 e. The van der Waals surface area contributed by atoms with E-state index in [4.69, 9.17) is 5.73 Å². The average Bonchev–Trinajstić information content (AvgIpc) is 2.15. The summed E-state index contributed by atoms with van der Waals surface area (Å²) in [5.74, 6) is 0.0150. The molecule has 1 heterocycles. The van der Waals surface area contributed by atoms with E-state index in [0.29, 0.717) is 6.54 Å². The number of rotatable bonds is 1. The van der Waals surface area contributed by atoms with E-state index in [1.807, 2.05) is 30.3 Å². The maximum atomic E-state index is 11.2. The Hall–Kier alpha value is -1.35. The van der Waals surface area contributed by atoms with Crippen molar-refractivity contribution < 1.29 is 4.79 Å². The molecule has 0 aliphatic carbocycles. The number of hydrogen-bond donors (Lipinski definition) is 1. The van der Waals surface area contributed by atoms with Crippen molar-refractivity contribution in [1.82, 2.24) is 0 Å². The lowest BCUT2D eigenvalue weighted by molar-refractivity contribution is -0.123. The molecule has 0 bridgehead atoms. The number of hydrogen-bond acceptors (Lipinski definition) is 2. The van der Waals surface area contributed by atoms with Crippen molar-refractivity contribution in [3.8, 4) is 0 Å². The van der Waals surface area contributed by atoms with Gasteiger partial charge in [0.25, 0.3) is 0 Å². The van der Waals surface area contributed by atoms with Crippen LogP contribution < -0.4 is 10.6 Å². The summed E-state index contributed by atoms with van der Waals surface area (Å²) in [6, 6.07) is 9.27. The lowest BCUT2D eigenvalue weighted by Gasteiger charge is -2.35. The van der Waals surface area contributed by atoms with E-state index >= 15 is 0 Å². The first kappa shape index (κ1) is 7.31. The predicted molar refractivity (Wildman–Crippen MR) is 46.8 cm³/mol. The van der Waals surface area contributed by atoms with Gasteiger partial charge in [0.15, 0.2) is 0 Å². The third-order valence-electron chi connectivity index (χ3n) is 2.03. The first-order valence-corrected chi connectivity index (χ1v) is 3.91. The molecule has 0 spiro atoms. The van der Waals surface area contributed by atoms with Crippen LogP contribution in [0, 0.1) is 0 Å². The van der Waals surface area contributed by atoms with E-state index in [1.54, 1.807) is 4.90 Å². The van der Waals surface area contributed by atoms with Crippen molar-refractivity contribution >= 4 is 11.6 Å². The molecule has 1 aromatic rings. The zero-order valence-corrected chi connectivity index (χ0v) is 6.60. The van der Waals surface area contributed by atoms with Gasteiger partial charge in [-0.3, -0.25) is 4.79 Å². The van der Waals surface area contributed by atoms with Gasteiger partial charge in [0.1, 0.15) is 6.04 Å². The lowest BCUT2D eigenvalue weighted by atomic mass is 10.1. The molecule has 3 nitrogen and oxygen atoms in total. The molecule has 2 N–H and O–H groups in total. The summed E-state index contributed by atoms with van der Waals surface area (Å²) in [7, 11) is 0. The van der Waals surface area contributed by atoms with Crippen LogP contribution in [0.1, 0.15) is 0 Å². The normalized spacial score (nSPS) is 22.2. The summed E-state index contributed by atoms with van der Waals surface area (Å²) in [6.07, 6.45) is 0. The summed E-state index contributed by atoms with van der Waals surface area (Å²) in [6.45, 7) is 0.642. The number of para-hydroxylation sites is 1. The molecule has 12 heavy (non-hydrogen) atoms. The van der Waals surface area contributed by atoms with E-state index < -0.39 is 0 Å². The molecule has 1 aromatic carbocycles. The molecule has 1 aliphatic rings. The van der Waals surface area contributed by atoms with Gasteiger partial charge in [-0.25, -0.2) is 0 Å². The average molecular weight is 162 g/mol. The van der Waals surface area contributed by atoms with Crippen LogP contribution in [0.3, 0.4) is 0 Å². The molecule has 1 saturated heterocycles. The molecule has 0 radical (unpaired) electrons. The highest BCUT2D eigenvalue weighted by atomic mass is 16.2. The number of nitrogens with two attached hydrogens (primary N) is 1. The summed E-state index contributed by atoms with van der Waals surface area (Å²) >= 11 is 0. The van der Waals surface area contributed by atoms with Gasteiger partial charge in [0.2, 0.25) is 5.91 Å². The second kappa shape index (κ2) is 2.60. The van der Waals surface area contributed by atoms with Gasteiger partial charge in [-0.1, -0.05) is 18.2 Å². The third-order valence-corrected chi connectivity index (χ3v) is 2.03. The van der Waals surface area contributed by atoms with Gasteiger partial charge in [0, 0.05) is 5.69 Å². The van der Waals surface area contributed by atoms with Crippen LogP contribution in [0.2, 0.25) is 0 Å². The standard InChI is InChI=1S/C9H10N2O/c10-8-6-11(9(8)12)7-4-2-1-3-5-7/h1-5,8H,6,10H2/t8-/m1/s1. The van der Waals surface area contributed by atoms with Crippen LogP contribution in [0.4, 0.5) is 5.69 Å². The first-order valence-electron chi connectivity index (χ1n) is 3.91. The molecule has 0 aromatic heterocycles. The summed E-state index contributed by atoms with van der Waals surface area (Å²) < 4.78 is 0. The van der Waals surface area contributed by atoms with Crippen molar-refractivity contribution in [3.63, 3.8) is 0 Å². The van der Waals surface area contributed by atoms with E-state index in [2.05, 4.69) is 0 Å². The molecule has 1 fully saturated rings. The smallest absolute Gasteiger partial charge is 0.245 e. The van der Waals surface area contributed by atoms with Crippen LogP contribution in [0.15, 0.2) is 30.3 Å². The molecule has 1 aliphatic heterocycles. The van der Waals surface area contributed by atoms with Crippen molar-refractivity contribution in [3.05, 3.63) is 30.3 Å². The highest BCUT2D eigenvalue weighted by molar-refractivity contribution is 6.03. The van der Waals surface area contributed by atoms with Gasteiger partial charge >= 0.3 is 0 Å². The highest BCUT2D eigenvalue weighted by Crippen LogP contribution is 2.19. The predicted octanol–water partition coefficient (Wildman–Crippen LogP) is 0.360.